The number of nitrogens with one attached hydrogen (secondary N) is 1. The third kappa shape index (κ3) is 4.05. The molecule has 3 heteroatoms. The molecule has 0 spiro atoms. The Bertz CT molecular complexity index is 581. The van der Waals surface area contributed by atoms with E-state index in [1.807, 2.05) is 18.2 Å². The summed E-state index contributed by atoms with van der Waals surface area (Å²) in [6, 6.07) is 12.4. The van der Waals surface area contributed by atoms with Crippen LogP contribution in [0.25, 0.3) is 0 Å². The summed E-state index contributed by atoms with van der Waals surface area (Å²) in [5, 5.41) is 3.40. The number of pyridine rings is 1. The SMILES string of the molecule is CCNC(C)c1cccnc1Oc1cccc(C(C)C)c1. The predicted molar refractivity (Wildman–Crippen MR) is 86.9 cm³/mol. The number of ether oxygens (including phenoxy) is 1. The molecule has 1 unspecified atom stereocenters. The molecule has 1 N–H and O–H groups in total. The highest BCUT2D eigenvalue weighted by atomic mass is 16.5. The average Bonchev–Trinajstić information content (AvgIpc) is 2.48. The minimum Gasteiger partial charge on any atom is -0.439 e. The summed E-state index contributed by atoms with van der Waals surface area (Å²) in [4.78, 5) is 4.39. The summed E-state index contributed by atoms with van der Waals surface area (Å²) in [5.41, 5.74) is 2.35. The molecule has 2 aromatic rings. The molecular formula is C18H24N2O. The largest absolute Gasteiger partial charge is 0.439 e. The number of hydrogen-bond acceptors (Lipinski definition) is 3. The predicted octanol–water partition coefficient (Wildman–Crippen LogP) is 4.67. The van der Waals surface area contributed by atoms with Crippen molar-refractivity contribution >= 4 is 0 Å². The van der Waals surface area contributed by atoms with Gasteiger partial charge >= 0.3 is 0 Å². The number of rotatable bonds is 6. The van der Waals surface area contributed by atoms with Crippen LogP contribution in [-0.4, -0.2) is 11.5 Å². The van der Waals surface area contributed by atoms with E-state index < -0.39 is 0 Å². The van der Waals surface area contributed by atoms with Gasteiger partial charge < -0.3 is 10.1 Å². The number of aromatic nitrogens is 1. The number of nitrogens with zero attached hydrogens (tertiary/aromatic N) is 1. The van der Waals surface area contributed by atoms with Gasteiger partial charge in [-0.05, 0) is 43.1 Å². The van der Waals surface area contributed by atoms with Crippen molar-refractivity contribution in [3.63, 3.8) is 0 Å². The molecule has 0 bridgehead atoms. The van der Waals surface area contributed by atoms with E-state index in [2.05, 4.69) is 56.2 Å². The number of hydrogen-bond donors (Lipinski definition) is 1. The number of benzene rings is 1. The summed E-state index contributed by atoms with van der Waals surface area (Å²) in [6.07, 6.45) is 1.77. The molecule has 1 aromatic heterocycles. The van der Waals surface area contributed by atoms with E-state index >= 15 is 0 Å². The standard InChI is InChI=1S/C18H24N2O/c1-5-19-14(4)17-10-7-11-20-18(17)21-16-9-6-8-15(12-16)13(2)3/h6-14,19H,5H2,1-4H3. The molecule has 0 aliphatic carbocycles. The first-order valence-corrected chi connectivity index (χ1v) is 7.58. The Kier molecular flexibility index (Phi) is 5.34. The van der Waals surface area contributed by atoms with Crippen molar-refractivity contribution in [2.75, 3.05) is 6.54 Å². The smallest absolute Gasteiger partial charge is 0.223 e. The van der Waals surface area contributed by atoms with Crippen LogP contribution in [-0.2, 0) is 0 Å². The van der Waals surface area contributed by atoms with Crippen LogP contribution < -0.4 is 10.1 Å². The van der Waals surface area contributed by atoms with Crippen LogP contribution in [0, 0.1) is 0 Å². The van der Waals surface area contributed by atoms with Gasteiger partial charge in [0, 0.05) is 17.8 Å². The molecule has 0 aliphatic heterocycles. The Balaban J connectivity index is 2.25. The summed E-state index contributed by atoms with van der Waals surface area (Å²) >= 11 is 0. The van der Waals surface area contributed by atoms with E-state index in [1.54, 1.807) is 6.20 Å². The van der Waals surface area contributed by atoms with Crippen molar-refractivity contribution < 1.29 is 4.74 Å². The molecule has 0 fully saturated rings. The zero-order valence-electron chi connectivity index (χ0n) is 13.3. The van der Waals surface area contributed by atoms with E-state index in [0.717, 1.165) is 17.9 Å². The summed E-state index contributed by atoms with van der Waals surface area (Å²) in [5.74, 6) is 1.99. The molecule has 3 nitrogen and oxygen atoms in total. The quantitative estimate of drug-likeness (QED) is 0.837. The van der Waals surface area contributed by atoms with Crippen LogP contribution in [0.15, 0.2) is 42.6 Å². The highest BCUT2D eigenvalue weighted by Crippen LogP contribution is 2.29. The van der Waals surface area contributed by atoms with E-state index in [-0.39, 0.29) is 6.04 Å². The highest BCUT2D eigenvalue weighted by Gasteiger charge is 2.12. The van der Waals surface area contributed by atoms with Crippen molar-refractivity contribution in [2.24, 2.45) is 0 Å². The lowest BCUT2D eigenvalue weighted by Crippen LogP contribution is -2.18. The van der Waals surface area contributed by atoms with Crippen LogP contribution >= 0.6 is 0 Å². The summed E-state index contributed by atoms with van der Waals surface area (Å²) < 4.78 is 6.02. The maximum absolute atomic E-state index is 6.02. The summed E-state index contributed by atoms with van der Waals surface area (Å²) in [6.45, 7) is 9.49. The molecule has 0 saturated carbocycles. The molecule has 21 heavy (non-hydrogen) atoms. The maximum atomic E-state index is 6.02. The lowest BCUT2D eigenvalue weighted by Gasteiger charge is -2.16. The average molecular weight is 284 g/mol. The van der Waals surface area contributed by atoms with Crippen LogP contribution in [0.3, 0.4) is 0 Å². The monoisotopic (exact) mass is 284 g/mol. The molecule has 0 radical (unpaired) electrons. The Hall–Kier alpha value is -1.87. The molecule has 2 rings (SSSR count). The Morgan fingerprint density at radius 3 is 2.67 bits per heavy atom. The normalized spacial score (nSPS) is 12.4. The van der Waals surface area contributed by atoms with E-state index in [0.29, 0.717) is 11.8 Å². The minimum atomic E-state index is 0.215. The van der Waals surface area contributed by atoms with Crippen LogP contribution in [0.4, 0.5) is 0 Å². The van der Waals surface area contributed by atoms with Crippen LogP contribution in [0.1, 0.15) is 50.8 Å². The second-order valence-corrected chi connectivity index (χ2v) is 5.51. The second-order valence-electron chi connectivity index (χ2n) is 5.51. The Morgan fingerprint density at radius 2 is 1.95 bits per heavy atom. The molecule has 1 heterocycles. The zero-order chi connectivity index (χ0) is 15.2. The summed E-state index contributed by atoms with van der Waals surface area (Å²) in [7, 11) is 0. The van der Waals surface area contributed by atoms with Gasteiger partial charge in [0.15, 0.2) is 0 Å². The van der Waals surface area contributed by atoms with Gasteiger partial charge in [0.25, 0.3) is 0 Å². The van der Waals surface area contributed by atoms with E-state index in [4.69, 9.17) is 4.74 Å². The van der Waals surface area contributed by atoms with Gasteiger partial charge in [-0.15, -0.1) is 0 Å². The molecule has 1 atom stereocenters. The van der Waals surface area contributed by atoms with Crippen molar-refractivity contribution in [3.8, 4) is 11.6 Å². The van der Waals surface area contributed by atoms with Crippen molar-refractivity contribution in [3.05, 3.63) is 53.7 Å². The van der Waals surface area contributed by atoms with Gasteiger partial charge in [0.1, 0.15) is 5.75 Å². The van der Waals surface area contributed by atoms with Crippen LogP contribution in [0.2, 0.25) is 0 Å². The van der Waals surface area contributed by atoms with Gasteiger partial charge in [-0.1, -0.05) is 39.0 Å². The van der Waals surface area contributed by atoms with Crippen molar-refractivity contribution in [1.82, 2.24) is 10.3 Å². The first-order chi connectivity index (χ1) is 10.1. The zero-order valence-corrected chi connectivity index (χ0v) is 13.3. The molecule has 0 aliphatic rings. The highest BCUT2D eigenvalue weighted by molar-refractivity contribution is 5.36. The first kappa shape index (κ1) is 15.5. The van der Waals surface area contributed by atoms with Gasteiger partial charge in [0.2, 0.25) is 5.88 Å². The maximum Gasteiger partial charge on any atom is 0.223 e. The lowest BCUT2D eigenvalue weighted by molar-refractivity contribution is 0.443. The fraction of sp³-hybridized carbons (Fsp3) is 0.389. The molecule has 0 saturated heterocycles. The fourth-order valence-corrected chi connectivity index (χ4v) is 2.28. The van der Waals surface area contributed by atoms with Gasteiger partial charge in [0.05, 0.1) is 0 Å². The van der Waals surface area contributed by atoms with Gasteiger partial charge in [-0.25, -0.2) is 4.98 Å². The van der Waals surface area contributed by atoms with Crippen molar-refractivity contribution in [2.45, 2.75) is 39.7 Å². The molecular weight excluding hydrogens is 260 g/mol. The Labute approximate surface area is 127 Å². The second kappa shape index (κ2) is 7.23. The van der Waals surface area contributed by atoms with Gasteiger partial charge in [-0.2, -0.15) is 0 Å². The third-order valence-electron chi connectivity index (χ3n) is 3.52. The van der Waals surface area contributed by atoms with Crippen molar-refractivity contribution in [1.29, 1.82) is 0 Å². The Morgan fingerprint density at radius 1 is 1.14 bits per heavy atom. The van der Waals surface area contributed by atoms with E-state index in [1.165, 1.54) is 5.56 Å². The third-order valence-corrected chi connectivity index (χ3v) is 3.52. The molecule has 0 amide bonds. The van der Waals surface area contributed by atoms with Crippen LogP contribution in [0.5, 0.6) is 11.6 Å². The molecule has 112 valence electrons. The topological polar surface area (TPSA) is 34.2 Å². The van der Waals surface area contributed by atoms with Gasteiger partial charge in [-0.3, -0.25) is 0 Å². The minimum absolute atomic E-state index is 0.215. The van der Waals surface area contributed by atoms with E-state index in [9.17, 15) is 0 Å². The lowest BCUT2D eigenvalue weighted by atomic mass is 10.0. The fourth-order valence-electron chi connectivity index (χ4n) is 2.28. The first-order valence-electron chi connectivity index (χ1n) is 7.58. The molecule has 1 aromatic carbocycles.